The van der Waals surface area contributed by atoms with Crippen molar-refractivity contribution in [3.63, 3.8) is 0 Å². The van der Waals surface area contributed by atoms with Crippen molar-refractivity contribution in [2.24, 2.45) is 5.73 Å². The van der Waals surface area contributed by atoms with Crippen LogP contribution in [-0.4, -0.2) is 18.1 Å². The molecule has 2 atom stereocenters. The molecule has 0 saturated carbocycles. The molecule has 0 radical (unpaired) electrons. The van der Waals surface area contributed by atoms with Crippen LogP contribution in [0.15, 0.2) is 18.2 Å². The summed E-state index contributed by atoms with van der Waals surface area (Å²) in [4.78, 5) is 12.0. The van der Waals surface area contributed by atoms with Crippen LogP contribution in [-0.2, 0) is 4.79 Å². The van der Waals surface area contributed by atoms with Crippen LogP contribution in [0.5, 0.6) is 5.75 Å². The lowest BCUT2D eigenvalue weighted by molar-refractivity contribution is -0.128. The Morgan fingerprint density at radius 2 is 1.95 bits per heavy atom. The van der Waals surface area contributed by atoms with Crippen molar-refractivity contribution in [2.75, 3.05) is 0 Å². The van der Waals surface area contributed by atoms with Crippen molar-refractivity contribution in [1.82, 2.24) is 5.32 Å². The van der Waals surface area contributed by atoms with E-state index in [0.29, 0.717) is 11.3 Å². The van der Waals surface area contributed by atoms with Crippen molar-refractivity contribution >= 4 is 5.91 Å². The average molecular weight is 296 g/mol. The summed E-state index contributed by atoms with van der Waals surface area (Å²) in [5, 5.41) is 2.90. The van der Waals surface area contributed by atoms with Crippen molar-refractivity contribution in [2.45, 2.75) is 58.7 Å². The van der Waals surface area contributed by atoms with Crippen LogP contribution in [0.25, 0.3) is 0 Å². The van der Waals surface area contributed by atoms with Gasteiger partial charge in [-0.05, 0) is 32.8 Å². The van der Waals surface area contributed by atoms with Gasteiger partial charge >= 0.3 is 0 Å². The lowest BCUT2D eigenvalue weighted by Gasteiger charge is -2.19. The van der Waals surface area contributed by atoms with E-state index < -0.39 is 11.9 Å². The number of rotatable bonds is 7. The third-order valence-corrected chi connectivity index (χ3v) is 3.48. The molecular formula is C16H25FN2O2. The molecule has 1 rings (SSSR count). The number of hydrogen-bond donors (Lipinski definition) is 2. The minimum Gasteiger partial charge on any atom is -0.481 e. The van der Waals surface area contributed by atoms with Gasteiger partial charge in [0.25, 0.3) is 5.91 Å². The number of hydrogen-bond acceptors (Lipinski definition) is 3. The standard InChI is InChI=1S/C16H25FN2O2/c1-5-12(6-2)19-16(20)11(4)21-13-7-8-14(10(3)18)15(17)9-13/h7-12H,5-6,18H2,1-4H3,(H,19,20). The van der Waals surface area contributed by atoms with Gasteiger partial charge < -0.3 is 15.8 Å². The number of carbonyl (C=O) groups is 1. The summed E-state index contributed by atoms with van der Waals surface area (Å²) < 4.78 is 19.3. The number of benzene rings is 1. The predicted molar refractivity (Wildman–Crippen MR) is 81.6 cm³/mol. The van der Waals surface area contributed by atoms with Crippen LogP contribution in [0.3, 0.4) is 0 Å². The number of ether oxygens (including phenoxy) is 1. The van der Waals surface area contributed by atoms with Gasteiger partial charge in [-0.3, -0.25) is 4.79 Å². The highest BCUT2D eigenvalue weighted by Crippen LogP contribution is 2.21. The molecule has 1 aromatic carbocycles. The van der Waals surface area contributed by atoms with E-state index in [9.17, 15) is 9.18 Å². The number of amides is 1. The monoisotopic (exact) mass is 296 g/mol. The van der Waals surface area contributed by atoms with Crippen LogP contribution in [0, 0.1) is 5.82 Å². The maximum Gasteiger partial charge on any atom is 0.260 e. The molecule has 0 fully saturated rings. The second-order valence-electron chi connectivity index (χ2n) is 5.25. The maximum absolute atomic E-state index is 13.8. The summed E-state index contributed by atoms with van der Waals surface area (Å²) in [5.41, 5.74) is 6.08. The Morgan fingerprint density at radius 1 is 1.33 bits per heavy atom. The molecule has 0 aromatic heterocycles. The van der Waals surface area contributed by atoms with E-state index in [0.717, 1.165) is 12.8 Å². The molecule has 0 saturated heterocycles. The zero-order valence-electron chi connectivity index (χ0n) is 13.2. The predicted octanol–water partition coefficient (Wildman–Crippen LogP) is 2.92. The first-order valence-electron chi connectivity index (χ1n) is 7.41. The molecule has 118 valence electrons. The van der Waals surface area contributed by atoms with E-state index in [2.05, 4.69) is 5.32 Å². The summed E-state index contributed by atoms with van der Waals surface area (Å²) in [6.07, 6.45) is 1.06. The Kier molecular flexibility index (Phi) is 6.62. The zero-order valence-corrected chi connectivity index (χ0v) is 13.2. The fraction of sp³-hybridized carbons (Fsp3) is 0.562. The molecule has 0 aliphatic heterocycles. The molecule has 2 unspecified atom stereocenters. The summed E-state index contributed by atoms with van der Waals surface area (Å²) in [5.74, 6) is -0.292. The van der Waals surface area contributed by atoms with Crippen molar-refractivity contribution in [3.05, 3.63) is 29.6 Å². The quantitative estimate of drug-likeness (QED) is 0.813. The fourth-order valence-corrected chi connectivity index (χ4v) is 2.02. The van der Waals surface area contributed by atoms with E-state index in [1.807, 2.05) is 13.8 Å². The van der Waals surface area contributed by atoms with Crippen molar-refractivity contribution < 1.29 is 13.9 Å². The van der Waals surface area contributed by atoms with Gasteiger partial charge in [-0.25, -0.2) is 4.39 Å². The van der Waals surface area contributed by atoms with Gasteiger partial charge in [0.1, 0.15) is 11.6 Å². The average Bonchev–Trinajstić information content (AvgIpc) is 2.44. The van der Waals surface area contributed by atoms with Gasteiger partial charge in [0.05, 0.1) is 0 Å². The number of carbonyl (C=O) groups excluding carboxylic acids is 1. The molecule has 0 heterocycles. The van der Waals surface area contributed by atoms with Gasteiger partial charge in [0.2, 0.25) is 0 Å². The number of nitrogens with one attached hydrogen (secondary N) is 1. The molecule has 0 aliphatic carbocycles. The Balaban J connectivity index is 2.68. The van der Waals surface area contributed by atoms with Crippen molar-refractivity contribution in [3.8, 4) is 5.75 Å². The molecule has 1 amide bonds. The summed E-state index contributed by atoms with van der Waals surface area (Å²) in [6, 6.07) is 4.23. The van der Waals surface area contributed by atoms with E-state index in [1.165, 1.54) is 6.07 Å². The summed E-state index contributed by atoms with van der Waals surface area (Å²) >= 11 is 0. The number of halogens is 1. The molecule has 3 N–H and O–H groups in total. The molecule has 5 heteroatoms. The minimum absolute atomic E-state index is 0.140. The third-order valence-electron chi connectivity index (χ3n) is 3.48. The van der Waals surface area contributed by atoms with Crippen LogP contribution in [0.4, 0.5) is 4.39 Å². The first-order valence-corrected chi connectivity index (χ1v) is 7.41. The Hall–Kier alpha value is -1.62. The topological polar surface area (TPSA) is 64.3 Å². The highest BCUT2D eigenvalue weighted by atomic mass is 19.1. The molecule has 0 aliphatic rings. The number of nitrogens with two attached hydrogens (primary N) is 1. The van der Waals surface area contributed by atoms with E-state index in [-0.39, 0.29) is 18.0 Å². The van der Waals surface area contributed by atoms with Gasteiger partial charge in [-0.2, -0.15) is 0 Å². The second-order valence-corrected chi connectivity index (χ2v) is 5.25. The third kappa shape index (κ3) is 5.01. The SMILES string of the molecule is CCC(CC)NC(=O)C(C)Oc1ccc(C(C)N)c(F)c1. The van der Waals surface area contributed by atoms with Crippen molar-refractivity contribution in [1.29, 1.82) is 0 Å². The Labute approximate surface area is 125 Å². The molecule has 0 spiro atoms. The Bertz CT molecular complexity index is 473. The van der Waals surface area contributed by atoms with Crippen LogP contribution >= 0.6 is 0 Å². The van der Waals surface area contributed by atoms with E-state index >= 15 is 0 Å². The van der Waals surface area contributed by atoms with E-state index in [1.54, 1.807) is 26.0 Å². The first kappa shape index (κ1) is 17.4. The van der Waals surface area contributed by atoms with E-state index in [4.69, 9.17) is 10.5 Å². The highest BCUT2D eigenvalue weighted by Gasteiger charge is 2.18. The molecule has 1 aromatic rings. The molecular weight excluding hydrogens is 271 g/mol. The minimum atomic E-state index is -0.675. The molecule has 4 nitrogen and oxygen atoms in total. The zero-order chi connectivity index (χ0) is 16.0. The Morgan fingerprint density at radius 3 is 2.43 bits per heavy atom. The van der Waals surface area contributed by atoms with Gasteiger partial charge in [0.15, 0.2) is 6.10 Å². The summed E-state index contributed by atoms with van der Waals surface area (Å²) in [6.45, 7) is 7.39. The van der Waals surface area contributed by atoms with Crippen LogP contribution in [0.1, 0.15) is 52.1 Å². The normalized spacial score (nSPS) is 13.9. The first-order chi connectivity index (χ1) is 9.88. The van der Waals surface area contributed by atoms with Crippen LogP contribution < -0.4 is 15.8 Å². The molecule has 21 heavy (non-hydrogen) atoms. The lowest BCUT2D eigenvalue weighted by Crippen LogP contribution is -2.42. The lowest BCUT2D eigenvalue weighted by atomic mass is 10.1. The van der Waals surface area contributed by atoms with Gasteiger partial charge in [0, 0.05) is 23.7 Å². The fourth-order valence-electron chi connectivity index (χ4n) is 2.02. The largest absolute Gasteiger partial charge is 0.481 e. The maximum atomic E-state index is 13.8. The molecule has 0 bridgehead atoms. The van der Waals surface area contributed by atoms with Crippen LogP contribution in [0.2, 0.25) is 0 Å². The summed E-state index contributed by atoms with van der Waals surface area (Å²) in [7, 11) is 0. The highest BCUT2D eigenvalue weighted by molar-refractivity contribution is 5.81. The smallest absolute Gasteiger partial charge is 0.260 e. The second kappa shape index (κ2) is 7.98. The van der Waals surface area contributed by atoms with Gasteiger partial charge in [-0.1, -0.05) is 19.9 Å². The van der Waals surface area contributed by atoms with Gasteiger partial charge in [-0.15, -0.1) is 0 Å².